The predicted octanol–water partition coefficient (Wildman–Crippen LogP) is 2.23. The first kappa shape index (κ1) is 15.9. The zero-order valence-corrected chi connectivity index (χ0v) is 13.4. The van der Waals surface area contributed by atoms with Crippen molar-refractivity contribution in [3.8, 4) is 0 Å². The first-order chi connectivity index (χ1) is 10.1. The minimum atomic E-state index is -0.291. The van der Waals surface area contributed by atoms with Crippen molar-refractivity contribution >= 4 is 5.78 Å². The molecule has 0 aliphatic rings. The molecule has 0 radical (unpaired) electrons. The van der Waals surface area contributed by atoms with Gasteiger partial charge in [-0.25, -0.2) is 9.97 Å². The Morgan fingerprint density at radius 1 is 1.29 bits per heavy atom. The number of rotatable bonds is 7. The van der Waals surface area contributed by atoms with E-state index in [1.165, 1.54) is 0 Å². The van der Waals surface area contributed by atoms with Crippen LogP contribution in [-0.2, 0) is 6.54 Å². The van der Waals surface area contributed by atoms with E-state index in [4.69, 9.17) is 0 Å². The molecule has 0 amide bonds. The molecule has 0 saturated heterocycles. The third-order valence-electron chi connectivity index (χ3n) is 4.12. The summed E-state index contributed by atoms with van der Waals surface area (Å²) in [6.07, 6.45) is 3.58. The summed E-state index contributed by atoms with van der Waals surface area (Å²) in [5.41, 5.74) is 3.19. The Kier molecular flexibility index (Phi) is 5.31. The van der Waals surface area contributed by atoms with Crippen LogP contribution in [0.1, 0.15) is 43.8 Å². The SMILES string of the molecule is CCC(CC)C(O)CNCc1cnc2nc(C)cc(C)n12. The molecule has 0 aromatic carbocycles. The van der Waals surface area contributed by atoms with Crippen LogP contribution in [0.3, 0.4) is 0 Å². The fourth-order valence-electron chi connectivity index (χ4n) is 2.87. The van der Waals surface area contributed by atoms with Gasteiger partial charge < -0.3 is 10.4 Å². The van der Waals surface area contributed by atoms with Gasteiger partial charge in [0.15, 0.2) is 0 Å². The Morgan fingerprint density at radius 2 is 2.00 bits per heavy atom. The molecule has 2 heterocycles. The molecular weight excluding hydrogens is 264 g/mol. The molecule has 0 aliphatic carbocycles. The Balaban J connectivity index is 2.01. The average molecular weight is 290 g/mol. The maximum atomic E-state index is 10.1. The van der Waals surface area contributed by atoms with Gasteiger partial charge >= 0.3 is 0 Å². The van der Waals surface area contributed by atoms with Gasteiger partial charge in [0, 0.05) is 24.5 Å². The monoisotopic (exact) mass is 290 g/mol. The largest absolute Gasteiger partial charge is 0.392 e. The Labute approximate surface area is 126 Å². The van der Waals surface area contributed by atoms with E-state index >= 15 is 0 Å². The average Bonchev–Trinajstić information content (AvgIpc) is 2.83. The summed E-state index contributed by atoms with van der Waals surface area (Å²) in [6, 6.07) is 2.05. The highest BCUT2D eigenvalue weighted by molar-refractivity contribution is 5.35. The second-order valence-corrected chi connectivity index (χ2v) is 5.70. The topological polar surface area (TPSA) is 62.5 Å². The molecule has 5 heteroatoms. The van der Waals surface area contributed by atoms with Crippen LogP contribution in [0, 0.1) is 19.8 Å². The van der Waals surface area contributed by atoms with Crippen molar-refractivity contribution < 1.29 is 5.11 Å². The maximum Gasteiger partial charge on any atom is 0.234 e. The van der Waals surface area contributed by atoms with Crippen LogP contribution in [0.4, 0.5) is 0 Å². The van der Waals surface area contributed by atoms with Crippen molar-refractivity contribution in [2.75, 3.05) is 6.54 Å². The number of aliphatic hydroxyl groups is 1. The quantitative estimate of drug-likeness (QED) is 0.821. The van der Waals surface area contributed by atoms with E-state index in [0.29, 0.717) is 19.0 Å². The Morgan fingerprint density at radius 3 is 2.67 bits per heavy atom. The molecule has 1 atom stereocenters. The van der Waals surface area contributed by atoms with E-state index in [2.05, 4.69) is 46.5 Å². The van der Waals surface area contributed by atoms with E-state index in [-0.39, 0.29) is 6.10 Å². The second-order valence-electron chi connectivity index (χ2n) is 5.70. The molecule has 0 aliphatic heterocycles. The van der Waals surface area contributed by atoms with Crippen molar-refractivity contribution in [2.45, 2.75) is 53.2 Å². The highest BCUT2D eigenvalue weighted by Crippen LogP contribution is 2.13. The lowest BCUT2D eigenvalue weighted by Crippen LogP contribution is -2.32. The molecule has 2 aromatic heterocycles. The number of aromatic nitrogens is 3. The van der Waals surface area contributed by atoms with Crippen LogP contribution >= 0.6 is 0 Å². The first-order valence-electron chi connectivity index (χ1n) is 7.76. The van der Waals surface area contributed by atoms with E-state index < -0.39 is 0 Å². The number of imidazole rings is 1. The summed E-state index contributed by atoms with van der Waals surface area (Å²) >= 11 is 0. The second kappa shape index (κ2) is 7.00. The molecule has 0 bridgehead atoms. The van der Waals surface area contributed by atoms with Crippen LogP contribution in [0.15, 0.2) is 12.3 Å². The van der Waals surface area contributed by atoms with Gasteiger partial charge in [-0.2, -0.15) is 0 Å². The highest BCUT2D eigenvalue weighted by Gasteiger charge is 2.15. The van der Waals surface area contributed by atoms with Gasteiger partial charge in [-0.3, -0.25) is 4.40 Å². The Hall–Kier alpha value is -1.46. The zero-order chi connectivity index (χ0) is 15.4. The van der Waals surface area contributed by atoms with Gasteiger partial charge in [0.1, 0.15) is 0 Å². The molecule has 0 fully saturated rings. The minimum absolute atomic E-state index is 0.291. The van der Waals surface area contributed by atoms with Gasteiger partial charge in [-0.1, -0.05) is 26.7 Å². The number of hydrogen-bond acceptors (Lipinski definition) is 4. The summed E-state index contributed by atoms with van der Waals surface area (Å²) in [6.45, 7) is 9.58. The number of aryl methyl sites for hydroxylation is 2. The lowest BCUT2D eigenvalue weighted by atomic mass is 9.96. The maximum absolute atomic E-state index is 10.1. The lowest BCUT2D eigenvalue weighted by Gasteiger charge is -2.20. The van der Waals surface area contributed by atoms with Crippen molar-refractivity contribution in [1.82, 2.24) is 19.7 Å². The smallest absolute Gasteiger partial charge is 0.234 e. The van der Waals surface area contributed by atoms with E-state index in [1.54, 1.807) is 0 Å². The molecule has 2 N–H and O–H groups in total. The van der Waals surface area contributed by atoms with Crippen LogP contribution in [0.2, 0.25) is 0 Å². The Bertz CT molecular complexity index is 589. The van der Waals surface area contributed by atoms with E-state index in [9.17, 15) is 5.11 Å². The summed E-state index contributed by atoms with van der Waals surface area (Å²) in [5.74, 6) is 1.11. The normalized spacial score (nSPS) is 13.2. The van der Waals surface area contributed by atoms with Gasteiger partial charge in [-0.05, 0) is 25.8 Å². The number of fused-ring (bicyclic) bond motifs is 1. The molecule has 2 rings (SSSR count). The summed E-state index contributed by atoms with van der Waals surface area (Å²) in [5, 5.41) is 13.5. The molecule has 0 spiro atoms. The minimum Gasteiger partial charge on any atom is -0.392 e. The lowest BCUT2D eigenvalue weighted by molar-refractivity contribution is 0.101. The van der Waals surface area contributed by atoms with E-state index in [0.717, 1.165) is 35.7 Å². The molecule has 2 aromatic rings. The van der Waals surface area contributed by atoms with Gasteiger partial charge in [0.25, 0.3) is 0 Å². The van der Waals surface area contributed by atoms with Crippen LogP contribution in [0.25, 0.3) is 5.78 Å². The van der Waals surface area contributed by atoms with Crippen LogP contribution in [-0.4, -0.2) is 32.1 Å². The fraction of sp³-hybridized carbons (Fsp3) is 0.625. The van der Waals surface area contributed by atoms with Gasteiger partial charge in [-0.15, -0.1) is 0 Å². The van der Waals surface area contributed by atoms with Crippen molar-refractivity contribution in [2.24, 2.45) is 5.92 Å². The first-order valence-corrected chi connectivity index (χ1v) is 7.76. The molecular formula is C16H26N4O. The summed E-state index contributed by atoms with van der Waals surface area (Å²) < 4.78 is 2.06. The van der Waals surface area contributed by atoms with E-state index in [1.807, 2.05) is 13.1 Å². The third-order valence-corrected chi connectivity index (χ3v) is 4.12. The molecule has 116 valence electrons. The standard InChI is InChI=1S/C16H26N4O/c1-5-13(6-2)15(21)10-17-8-14-9-18-16-19-11(3)7-12(4)20(14)16/h7,9,13,15,17,21H,5-6,8,10H2,1-4H3. The molecule has 1 unspecified atom stereocenters. The number of aliphatic hydroxyl groups excluding tert-OH is 1. The van der Waals surface area contributed by atoms with Crippen molar-refractivity contribution in [3.63, 3.8) is 0 Å². The molecule has 21 heavy (non-hydrogen) atoms. The molecule has 0 saturated carbocycles. The third kappa shape index (κ3) is 3.60. The van der Waals surface area contributed by atoms with Crippen molar-refractivity contribution in [3.05, 3.63) is 29.3 Å². The zero-order valence-electron chi connectivity index (χ0n) is 13.4. The van der Waals surface area contributed by atoms with Crippen molar-refractivity contribution in [1.29, 1.82) is 0 Å². The van der Waals surface area contributed by atoms with Gasteiger partial charge in [0.05, 0.1) is 18.0 Å². The number of nitrogens with zero attached hydrogens (tertiary/aromatic N) is 3. The van der Waals surface area contributed by atoms with Crippen LogP contribution < -0.4 is 5.32 Å². The molecule has 5 nitrogen and oxygen atoms in total. The van der Waals surface area contributed by atoms with Crippen LogP contribution in [0.5, 0.6) is 0 Å². The predicted molar refractivity (Wildman–Crippen MR) is 84.2 cm³/mol. The summed E-state index contributed by atoms with van der Waals surface area (Å²) in [7, 11) is 0. The number of nitrogens with one attached hydrogen (secondary N) is 1. The number of hydrogen-bond donors (Lipinski definition) is 2. The van der Waals surface area contributed by atoms with Gasteiger partial charge in [0.2, 0.25) is 5.78 Å². The summed E-state index contributed by atoms with van der Waals surface area (Å²) in [4.78, 5) is 8.78. The highest BCUT2D eigenvalue weighted by atomic mass is 16.3. The fourth-order valence-corrected chi connectivity index (χ4v) is 2.87.